The van der Waals surface area contributed by atoms with Crippen molar-refractivity contribution in [2.45, 2.75) is 57.4 Å². The van der Waals surface area contributed by atoms with Gasteiger partial charge in [0.2, 0.25) is 5.91 Å². The average molecular weight is 518 g/mol. The summed E-state index contributed by atoms with van der Waals surface area (Å²) in [6, 6.07) is 14.4. The molecule has 1 aliphatic heterocycles. The summed E-state index contributed by atoms with van der Waals surface area (Å²) in [5, 5.41) is 1.01. The van der Waals surface area contributed by atoms with E-state index in [1.807, 2.05) is 18.2 Å². The van der Waals surface area contributed by atoms with Crippen molar-refractivity contribution in [2.75, 3.05) is 33.8 Å². The first-order valence-electron chi connectivity index (χ1n) is 12.8. The number of carbonyl (C=O) groups excluding carboxylic acids is 1. The lowest BCUT2D eigenvalue weighted by Gasteiger charge is -2.54. The smallest absolute Gasteiger partial charge is 0.227 e. The summed E-state index contributed by atoms with van der Waals surface area (Å²) in [6.07, 6.45) is 4.62. The Morgan fingerprint density at radius 3 is 2.69 bits per heavy atom. The van der Waals surface area contributed by atoms with Gasteiger partial charge < -0.3 is 14.5 Å². The highest BCUT2D eigenvalue weighted by Crippen LogP contribution is 2.50. The molecule has 190 valence electrons. The van der Waals surface area contributed by atoms with Crippen molar-refractivity contribution in [3.63, 3.8) is 0 Å². The van der Waals surface area contributed by atoms with Crippen LogP contribution in [0.2, 0.25) is 10.0 Å². The molecule has 0 radical (unpaired) electrons. The predicted octanol–water partition coefficient (Wildman–Crippen LogP) is 6.47. The van der Waals surface area contributed by atoms with Gasteiger partial charge in [-0.25, -0.2) is 0 Å². The first-order valence-corrected chi connectivity index (χ1v) is 13.5. The second kappa shape index (κ2) is 11.1. The first kappa shape index (κ1) is 26.3. The molecule has 0 bridgehead atoms. The van der Waals surface area contributed by atoms with E-state index in [9.17, 15) is 4.79 Å². The van der Waals surface area contributed by atoms with Crippen LogP contribution < -0.4 is 4.74 Å². The minimum absolute atomic E-state index is 0.0586. The van der Waals surface area contributed by atoms with Gasteiger partial charge in [0.05, 0.1) is 23.6 Å². The number of methoxy groups -OCH3 is 1. The number of halogens is 2. The highest BCUT2D eigenvalue weighted by molar-refractivity contribution is 6.42. The van der Waals surface area contributed by atoms with Crippen molar-refractivity contribution in [3.05, 3.63) is 63.6 Å². The Labute approximate surface area is 220 Å². The van der Waals surface area contributed by atoms with Crippen molar-refractivity contribution in [3.8, 4) is 5.75 Å². The Morgan fingerprint density at radius 1 is 1.17 bits per heavy atom. The number of fused-ring (bicyclic) bond motifs is 1. The predicted molar refractivity (Wildman–Crippen MR) is 145 cm³/mol. The van der Waals surface area contributed by atoms with Crippen molar-refractivity contribution in [2.24, 2.45) is 11.8 Å². The molecular weight excluding hydrogens is 479 g/mol. The molecule has 6 heteroatoms. The number of hydrogen-bond donors (Lipinski definition) is 0. The summed E-state index contributed by atoms with van der Waals surface area (Å²) in [6.45, 7) is 7.33. The topological polar surface area (TPSA) is 32.8 Å². The zero-order chi connectivity index (χ0) is 25.2. The zero-order valence-corrected chi connectivity index (χ0v) is 22.9. The van der Waals surface area contributed by atoms with Gasteiger partial charge in [-0.1, -0.05) is 55.2 Å². The lowest BCUT2D eigenvalue weighted by atomic mass is 9.57. The van der Waals surface area contributed by atoms with Gasteiger partial charge >= 0.3 is 0 Å². The van der Waals surface area contributed by atoms with E-state index >= 15 is 0 Å². The monoisotopic (exact) mass is 516 g/mol. The number of benzene rings is 2. The van der Waals surface area contributed by atoms with Gasteiger partial charge in [-0.2, -0.15) is 0 Å². The number of nitrogens with zero attached hydrogens (tertiary/aromatic N) is 2. The van der Waals surface area contributed by atoms with E-state index in [2.05, 4.69) is 48.9 Å². The van der Waals surface area contributed by atoms with Gasteiger partial charge in [0, 0.05) is 24.5 Å². The summed E-state index contributed by atoms with van der Waals surface area (Å²) >= 11 is 12.3. The number of carbonyl (C=O) groups is 1. The quantitative estimate of drug-likeness (QED) is 0.422. The van der Waals surface area contributed by atoms with E-state index in [-0.39, 0.29) is 17.4 Å². The van der Waals surface area contributed by atoms with Crippen LogP contribution in [0, 0.1) is 11.8 Å². The fourth-order valence-electron chi connectivity index (χ4n) is 6.26. The van der Waals surface area contributed by atoms with E-state index in [1.165, 1.54) is 5.56 Å². The minimum atomic E-state index is 0.0586. The van der Waals surface area contributed by atoms with E-state index < -0.39 is 0 Å². The maximum absolute atomic E-state index is 13.7. The molecule has 35 heavy (non-hydrogen) atoms. The van der Waals surface area contributed by atoms with E-state index in [0.29, 0.717) is 28.3 Å². The van der Waals surface area contributed by atoms with Gasteiger partial charge in [0.15, 0.2) is 0 Å². The number of rotatable bonds is 7. The van der Waals surface area contributed by atoms with E-state index in [1.54, 1.807) is 13.2 Å². The van der Waals surface area contributed by atoms with Crippen LogP contribution in [0.5, 0.6) is 5.75 Å². The van der Waals surface area contributed by atoms with Crippen LogP contribution in [0.25, 0.3) is 0 Å². The lowest BCUT2D eigenvalue weighted by Crippen LogP contribution is -2.56. The van der Waals surface area contributed by atoms with Crippen molar-refractivity contribution < 1.29 is 9.53 Å². The Bertz CT molecular complexity index is 1040. The van der Waals surface area contributed by atoms with Gasteiger partial charge in [-0.05, 0) is 86.5 Å². The largest absolute Gasteiger partial charge is 0.497 e. The summed E-state index contributed by atoms with van der Waals surface area (Å²) in [5.74, 6) is 2.06. The minimum Gasteiger partial charge on any atom is -0.497 e. The first-order chi connectivity index (χ1) is 16.7. The molecule has 3 atom stereocenters. The summed E-state index contributed by atoms with van der Waals surface area (Å²) in [5.41, 5.74) is 2.33. The van der Waals surface area contributed by atoms with Gasteiger partial charge in [-0.3, -0.25) is 4.79 Å². The maximum atomic E-state index is 13.7. The molecule has 0 aromatic heterocycles. The fourth-order valence-corrected chi connectivity index (χ4v) is 6.58. The fraction of sp³-hybridized carbons (Fsp3) is 0.552. The summed E-state index contributed by atoms with van der Waals surface area (Å²) < 4.78 is 5.60. The van der Waals surface area contributed by atoms with Crippen molar-refractivity contribution in [1.82, 2.24) is 9.80 Å². The molecule has 0 spiro atoms. The molecule has 1 heterocycles. The number of hydrogen-bond acceptors (Lipinski definition) is 3. The molecular formula is C29H38Cl2N2O2. The molecule has 2 aromatic rings. The van der Waals surface area contributed by atoms with Crippen molar-refractivity contribution >= 4 is 29.1 Å². The molecule has 1 saturated heterocycles. The third-order valence-electron chi connectivity index (χ3n) is 8.01. The maximum Gasteiger partial charge on any atom is 0.227 e. The summed E-state index contributed by atoms with van der Waals surface area (Å²) in [7, 11) is 3.96. The molecule has 2 aromatic carbocycles. The van der Waals surface area contributed by atoms with Crippen LogP contribution in [0.3, 0.4) is 0 Å². The second-order valence-corrected chi connectivity index (χ2v) is 11.7. The molecule has 1 aliphatic carbocycles. The molecule has 3 unspecified atom stereocenters. The van der Waals surface area contributed by atoms with E-state index in [0.717, 1.165) is 56.6 Å². The lowest BCUT2D eigenvalue weighted by molar-refractivity contribution is -0.135. The van der Waals surface area contributed by atoms with Crippen LogP contribution in [-0.2, 0) is 16.6 Å². The summed E-state index contributed by atoms with van der Waals surface area (Å²) in [4.78, 5) is 18.4. The third-order valence-corrected chi connectivity index (χ3v) is 8.75. The van der Waals surface area contributed by atoms with Gasteiger partial charge in [-0.15, -0.1) is 0 Å². The highest BCUT2D eigenvalue weighted by atomic mass is 35.5. The molecule has 4 nitrogen and oxygen atoms in total. The van der Waals surface area contributed by atoms with Crippen LogP contribution in [-0.4, -0.2) is 55.5 Å². The molecule has 4 rings (SSSR count). The SMILES string of the molecule is COc1cccc(C23CCN(C)CC2CCC(N(CC(C)C)C(=O)Cc2ccc(Cl)c(Cl)c2)C3)c1. The van der Waals surface area contributed by atoms with Crippen LogP contribution >= 0.6 is 23.2 Å². The Morgan fingerprint density at radius 2 is 1.97 bits per heavy atom. The third kappa shape index (κ3) is 5.81. The Balaban J connectivity index is 1.64. The molecule has 2 aliphatic rings. The number of amides is 1. The molecule has 0 N–H and O–H groups in total. The standard InChI is InChI=1S/C29H38Cl2N2O2/c1-20(2)18-33(28(34)15-21-8-11-26(30)27(31)14-21)24-10-9-23-19-32(3)13-12-29(23,17-24)22-6-5-7-25(16-22)35-4/h5-8,11,14,16,20,23-24H,9-10,12-13,15,17-19H2,1-4H3. The van der Waals surface area contributed by atoms with Crippen LogP contribution in [0.1, 0.15) is 50.7 Å². The van der Waals surface area contributed by atoms with Gasteiger partial charge in [0.25, 0.3) is 0 Å². The highest BCUT2D eigenvalue weighted by Gasteiger charge is 2.49. The van der Waals surface area contributed by atoms with E-state index in [4.69, 9.17) is 27.9 Å². The van der Waals surface area contributed by atoms with Crippen LogP contribution in [0.15, 0.2) is 42.5 Å². The molecule has 1 amide bonds. The normalized spacial score (nSPS) is 24.8. The average Bonchev–Trinajstić information content (AvgIpc) is 2.84. The second-order valence-electron chi connectivity index (χ2n) is 10.9. The number of ether oxygens (including phenoxy) is 1. The molecule has 2 fully saturated rings. The van der Waals surface area contributed by atoms with Crippen LogP contribution in [0.4, 0.5) is 0 Å². The van der Waals surface area contributed by atoms with Gasteiger partial charge in [0.1, 0.15) is 5.75 Å². The Kier molecular flexibility index (Phi) is 8.35. The zero-order valence-electron chi connectivity index (χ0n) is 21.4. The van der Waals surface area contributed by atoms with Crippen molar-refractivity contribution in [1.29, 1.82) is 0 Å². The number of likely N-dealkylation sites (tertiary alicyclic amines) is 1. The molecule has 1 saturated carbocycles. The number of piperidine rings is 1. The Hall–Kier alpha value is -1.75.